The summed E-state index contributed by atoms with van der Waals surface area (Å²) in [5.74, 6) is 0. The number of thiophene rings is 1. The molecule has 20 heavy (non-hydrogen) atoms. The Balaban J connectivity index is 2.05. The van der Waals surface area contributed by atoms with E-state index in [-0.39, 0.29) is 0 Å². The van der Waals surface area contributed by atoms with Gasteiger partial charge in [-0.1, -0.05) is 12.1 Å². The lowest BCUT2D eigenvalue weighted by atomic mass is 10.0. The van der Waals surface area contributed by atoms with E-state index in [1.807, 2.05) is 43.3 Å². The predicted octanol–water partition coefficient (Wildman–Crippen LogP) is 5.21. The highest BCUT2D eigenvalue weighted by Crippen LogP contribution is 2.38. The number of halogens is 2. The fraction of sp³-hybridized carbons (Fsp3) is 0.133. The van der Waals surface area contributed by atoms with Gasteiger partial charge < -0.3 is 5.11 Å². The van der Waals surface area contributed by atoms with Crippen LogP contribution in [0.15, 0.2) is 44.0 Å². The first-order valence-corrected chi connectivity index (χ1v) is 8.45. The van der Waals surface area contributed by atoms with Crippen molar-refractivity contribution < 1.29 is 5.11 Å². The van der Waals surface area contributed by atoms with E-state index in [0.717, 1.165) is 35.3 Å². The maximum atomic E-state index is 10.5. The van der Waals surface area contributed by atoms with E-state index in [4.69, 9.17) is 0 Å². The molecule has 0 fully saturated rings. The highest BCUT2D eigenvalue weighted by Gasteiger charge is 2.17. The van der Waals surface area contributed by atoms with Crippen LogP contribution in [0.4, 0.5) is 0 Å². The summed E-state index contributed by atoms with van der Waals surface area (Å²) >= 11 is 8.49. The summed E-state index contributed by atoms with van der Waals surface area (Å²) in [6.45, 7) is 1.97. The number of aryl methyl sites for hydroxylation is 1. The van der Waals surface area contributed by atoms with E-state index < -0.39 is 6.10 Å². The van der Waals surface area contributed by atoms with Crippen molar-refractivity contribution in [3.8, 4) is 0 Å². The molecule has 0 saturated heterocycles. The predicted molar refractivity (Wildman–Crippen MR) is 90.3 cm³/mol. The van der Waals surface area contributed by atoms with Gasteiger partial charge in [0.05, 0.1) is 13.1 Å². The van der Waals surface area contributed by atoms with Crippen molar-refractivity contribution in [3.05, 3.63) is 60.8 Å². The van der Waals surface area contributed by atoms with E-state index >= 15 is 0 Å². The Morgan fingerprint density at radius 3 is 2.65 bits per heavy atom. The molecule has 0 aliphatic heterocycles. The van der Waals surface area contributed by atoms with Crippen molar-refractivity contribution in [3.63, 3.8) is 0 Å². The molecule has 2 heterocycles. The lowest BCUT2D eigenvalue weighted by Crippen LogP contribution is -1.99. The van der Waals surface area contributed by atoms with Crippen molar-refractivity contribution in [2.45, 2.75) is 13.0 Å². The largest absolute Gasteiger partial charge is 0.384 e. The lowest BCUT2D eigenvalue weighted by molar-refractivity contribution is 0.220. The number of nitrogens with zero attached hydrogens (tertiary/aromatic N) is 1. The Morgan fingerprint density at radius 1 is 1.15 bits per heavy atom. The van der Waals surface area contributed by atoms with Crippen molar-refractivity contribution in [2.75, 3.05) is 0 Å². The Labute approximate surface area is 137 Å². The third kappa shape index (κ3) is 2.68. The van der Waals surface area contributed by atoms with Gasteiger partial charge in [0, 0.05) is 16.6 Å². The highest BCUT2D eigenvalue weighted by atomic mass is 79.9. The molecule has 0 aliphatic rings. The van der Waals surface area contributed by atoms with E-state index in [9.17, 15) is 5.11 Å². The third-order valence-corrected chi connectivity index (χ3v) is 5.53. The van der Waals surface area contributed by atoms with Crippen LogP contribution in [0.1, 0.15) is 22.9 Å². The fourth-order valence-electron chi connectivity index (χ4n) is 2.14. The normalized spacial score (nSPS) is 12.8. The highest BCUT2D eigenvalue weighted by molar-refractivity contribution is 9.12. The molecule has 1 unspecified atom stereocenters. The van der Waals surface area contributed by atoms with Crippen LogP contribution < -0.4 is 0 Å². The molecule has 3 rings (SSSR count). The molecule has 0 amide bonds. The molecule has 0 saturated carbocycles. The minimum Gasteiger partial charge on any atom is -0.384 e. The smallest absolute Gasteiger partial charge is 0.106 e. The Bertz CT molecular complexity index is 785. The molecule has 0 bridgehead atoms. The summed E-state index contributed by atoms with van der Waals surface area (Å²) < 4.78 is 1.94. The van der Waals surface area contributed by atoms with Crippen LogP contribution in [-0.4, -0.2) is 10.1 Å². The number of rotatable bonds is 2. The average molecular weight is 413 g/mol. The summed E-state index contributed by atoms with van der Waals surface area (Å²) in [6, 6.07) is 11.8. The summed E-state index contributed by atoms with van der Waals surface area (Å²) in [5.41, 5.74) is 3.69. The molecular formula is C15H11Br2NOS. The maximum Gasteiger partial charge on any atom is 0.106 e. The quantitative estimate of drug-likeness (QED) is 0.626. The van der Waals surface area contributed by atoms with Crippen LogP contribution in [0.3, 0.4) is 0 Å². The minimum absolute atomic E-state index is 0.641. The van der Waals surface area contributed by atoms with Crippen LogP contribution in [-0.2, 0) is 0 Å². The first-order valence-electron chi connectivity index (χ1n) is 6.05. The second-order valence-corrected chi connectivity index (χ2v) is 8.34. The number of hydrogen-bond donors (Lipinski definition) is 1. The molecule has 1 atom stereocenters. The topological polar surface area (TPSA) is 33.1 Å². The third-order valence-electron chi connectivity index (χ3n) is 3.15. The standard InChI is InChI=1S/C15H11Br2NOS/c1-8-2-3-9-6-10(4-5-12(9)18-8)14(19)11-7-13(16)20-15(11)17/h2-7,14,19H,1H3. The second-order valence-electron chi connectivity index (χ2n) is 4.59. The van der Waals surface area contributed by atoms with Crippen LogP contribution in [0.2, 0.25) is 0 Å². The molecule has 0 aliphatic carbocycles. The first-order chi connectivity index (χ1) is 9.54. The number of aliphatic hydroxyl groups is 1. The lowest BCUT2D eigenvalue weighted by Gasteiger charge is -2.11. The van der Waals surface area contributed by atoms with E-state index in [1.54, 1.807) is 11.3 Å². The Morgan fingerprint density at radius 2 is 1.95 bits per heavy atom. The van der Waals surface area contributed by atoms with Gasteiger partial charge in [0.25, 0.3) is 0 Å². The molecule has 102 valence electrons. The number of aliphatic hydroxyl groups excluding tert-OH is 1. The molecule has 0 radical (unpaired) electrons. The zero-order valence-electron chi connectivity index (χ0n) is 10.6. The molecule has 2 nitrogen and oxygen atoms in total. The number of hydrogen-bond acceptors (Lipinski definition) is 3. The van der Waals surface area contributed by atoms with Gasteiger partial charge in [0.1, 0.15) is 6.10 Å². The van der Waals surface area contributed by atoms with Crippen molar-refractivity contribution in [2.24, 2.45) is 0 Å². The molecule has 5 heteroatoms. The fourth-order valence-corrected chi connectivity index (χ4v) is 5.02. The van der Waals surface area contributed by atoms with Crippen LogP contribution >= 0.6 is 43.2 Å². The Kier molecular flexibility index (Phi) is 3.95. The summed E-state index contributed by atoms with van der Waals surface area (Å²) in [4.78, 5) is 4.47. The number of benzene rings is 1. The Hall–Kier alpha value is -0.750. The summed E-state index contributed by atoms with van der Waals surface area (Å²) in [7, 11) is 0. The van der Waals surface area contributed by atoms with E-state index in [2.05, 4.69) is 36.8 Å². The van der Waals surface area contributed by atoms with Gasteiger partial charge in [0.15, 0.2) is 0 Å². The molecule has 2 aromatic heterocycles. The number of fused-ring (bicyclic) bond motifs is 1. The van der Waals surface area contributed by atoms with Gasteiger partial charge in [-0.05, 0) is 68.6 Å². The molecule has 3 aromatic rings. The van der Waals surface area contributed by atoms with E-state index in [0.29, 0.717) is 0 Å². The van der Waals surface area contributed by atoms with Gasteiger partial charge in [0.2, 0.25) is 0 Å². The van der Waals surface area contributed by atoms with Crippen LogP contribution in [0.5, 0.6) is 0 Å². The van der Waals surface area contributed by atoms with Gasteiger partial charge in [-0.15, -0.1) is 11.3 Å². The second kappa shape index (κ2) is 5.56. The van der Waals surface area contributed by atoms with Gasteiger partial charge in [-0.3, -0.25) is 4.98 Å². The van der Waals surface area contributed by atoms with Crippen molar-refractivity contribution in [1.29, 1.82) is 0 Å². The number of aromatic nitrogens is 1. The first kappa shape index (κ1) is 14.2. The average Bonchev–Trinajstić information content (AvgIpc) is 2.76. The van der Waals surface area contributed by atoms with E-state index in [1.165, 1.54) is 0 Å². The summed E-state index contributed by atoms with van der Waals surface area (Å²) in [5, 5.41) is 11.6. The van der Waals surface area contributed by atoms with Crippen molar-refractivity contribution >= 4 is 54.1 Å². The van der Waals surface area contributed by atoms with Gasteiger partial charge in [-0.2, -0.15) is 0 Å². The van der Waals surface area contributed by atoms with Crippen LogP contribution in [0.25, 0.3) is 10.9 Å². The maximum absolute atomic E-state index is 10.5. The molecular weight excluding hydrogens is 402 g/mol. The van der Waals surface area contributed by atoms with Gasteiger partial charge >= 0.3 is 0 Å². The SMILES string of the molecule is Cc1ccc2cc(C(O)c3cc(Br)sc3Br)ccc2n1. The zero-order chi connectivity index (χ0) is 14.3. The molecule has 1 aromatic carbocycles. The zero-order valence-corrected chi connectivity index (χ0v) is 14.6. The minimum atomic E-state index is -0.641. The van der Waals surface area contributed by atoms with Crippen LogP contribution in [0, 0.1) is 6.92 Å². The molecule has 1 N–H and O–H groups in total. The summed E-state index contributed by atoms with van der Waals surface area (Å²) in [6.07, 6.45) is -0.641. The van der Waals surface area contributed by atoms with Gasteiger partial charge in [-0.25, -0.2) is 0 Å². The van der Waals surface area contributed by atoms with Crippen molar-refractivity contribution in [1.82, 2.24) is 4.98 Å². The monoisotopic (exact) mass is 411 g/mol. The molecule has 0 spiro atoms. The number of pyridine rings is 1.